The van der Waals surface area contributed by atoms with Crippen LogP contribution in [0.25, 0.3) is 5.69 Å². The Morgan fingerprint density at radius 2 is 1.75 bits per heavy atom. The molecule has 0 unspecified atom stereocenters. The van der Waals surface area contributed by atoms with Crippen molar-refractivity contribution >= 4 is 11.5 Å². The van der Waals surface area contributed by atoms with E-state index in [0.29, 0.717) is 37.3 Å². The number of fused-ring (bicyclic) bond motifs is 1. The molecule has 36 heavy (non-hydrogen) atoms. The Labute approximate surface area is 205 Å². The standard InChI is InChI=1S/C24H27F3N6O3/c1-3-31(4-2)12-13-32-15-28-14-20(23(32)35)29-21-18-6-5-7-19(18)22(34)33(30-21)16-8-10-17(11-9-16)36-24(25,26)27/h8-11,14-15H,3-7,12-13H2,1-2H3,(H,29,30). The lowest BCUT2D eigenvalue weighted by molar-refractivity contribution is -0.274. The molecule has 1 aromatic carbocycles. The molecule has 0 spiro atoms. The van der Waals surface area contributed by atoms with Crippen molar-refractivity contribution in [1.29, 1.82) is 0 Å². The zero-order valence-electron chi connectivity index (χ0n) is 20.0. The molecule has 0 radical (unpaired) electrons. The number of alkyl halides is 3. The smallest absolute Gasteiger partial charge is 0.406 e. The highest BCUT2D eigenvalue weighted by molar-refractivity contribution is 5.60. The molecule has 1 aliphatic rings. The number of halogens is 3. The van der Waals surface area contributed by atoms with Crippen molar-refractivity contribution in [2.24, 2.45) is 0 Å². The number of likely N-dealkylation sites (N-methyl/N-ethyl adjacent to an activating group) is 1. The molecule has 9 nitrogen and oxygen atoms in total. The van der Waals surface area contributed by atoms with Crippen molar-refractivity contribution in [3.05, 3.63) is 68.6 Å². The molecular weight excluding hydrogens is 477 g/mol. The zero-order chi connectivity index (χ0) is 25.9. The molecule has 0 bridgehead atoms. The van der Waals surface area contributed by atoms with E-state index in [1.54, 1.807) is 0 Å². The van der Waals surface area contributed by atoms with Gasteiger partial charge in [-0.1, -0.05) is 13.8 Å². The predicted octanol–water partition coefficient (Wildman–Crippen LogP) is 3.26. The maximum absolute atomic E-state index is 13.1. The largest absolute Gasteiger partial charge is 0.573 e. The van der Waals surface area contributed by atoms with Gasteiger partial charge in [-0.3, -0.25) is 14.2 Å². The van der Waals surface area contributed by atoms with Crippen molar-refractivity contribution in [3.8, 4) is 11.4 Å². The molecule has 0 saturated carbocycles. The molecule has 0 saturated heterocycles. The first-order chi connectivity index (χ1) is 17.2. The first-order valence-corrected chi connectivity index (χ1v) is 11.7. The molecule has 0 fully saturated rings. The second-order valence-electron chi connectivity index (χ2n) is 8.38. The van der Waals surface area contributed by atoms with Crippen LogP contribution in [0.3, 0.4) is 0 Å². The van der Waals surface area contributed by atoms with Gasteiger partial charge in [0.15, 0.2) is 5.82 Å². The molecule has 0 atom stereocenters. The number of anilines is 2. The van der Waals surface area contributed by atoms with E-state index >= 15 is 0 Å². The summed E-state index contributed by atoms with van der Waals surface area (Å²) in [6.45, 7) is 7.03. The van der Waals surface area contributed by atoms with Crippen molar-refractivity contribution < 1.29 is 17.9 Å². The Kier molecular flexibility index (Phi) is 7.43. The Morgan fingerprint density at radius 3 is 2.42 bits per heavy atom. The Bertz CT molecular complexity index is 1330. The van der Waals surface area contributed by atoms with E-state index in [4.69, 9.17) is 0 Å². The zero-order valence-corrected chi connectivity index (χ0v) is 20.0. The highest BCUT2D eigenvalue weighted by Gasteiger charge is 2.31. The second-order valence-corrected chi connectivity index (χ2v) is 8.38. The van der Waals surface area contributed by atoms with Crippen LogP contribution >= 0.6 is 0 Å². The number of aromatic nitrogens is 4. The summed E-state index contributed by atoms with van der Waals surface area (Å²) in [5.41, 5.74) is 1.17. The van der Waals surface area contributed by atoms with Gasteiger partial charge in [0, 0.05) is 24.2 Å². The quantitative estimate of drug-likeness (QED) is 0.478. The molecule has 3 aromatic rings. The molecular formula is C24H27F3N6O3. The van der Waals surface area contributed by atoms with Crippen LogP contribution < -0.4 is 21.2 Å². The number of hydrogen-bond donors (Lipinski definition) is 1. The molecule has 2 heterocycles. The Morgan fingerprint density at radius 1 is 1.06 bits per heavy atom. The predicted molar refractivity (Wildman–Crippen MR) is 128 cm³/mol. The summed E-state index contributed by atoms with van der Waals surface area (Å²) in [5, 5.41) is 7.49. The van der Waals surface area contributed by atoms with Crippen molar-refractivity contribution in [2.75, 3.05) is 25.0 Å². The second kappa shape index (κ2) is 10.5. The Hall–Kier alpha value is -3.67. The number of nitrogens with one attached hydrogen (secondary N) is 1. The first-order valence-electron chi connectivity index (χ1n) is 11.7. The highest BCUT2D eigenvalue weighted by Crippen LogP contribution is 2.28. The van der Waals surface area contributed by atoms with Crippen LogP contribution in [0.5, 0.6) is 5.75 Å². The van der Waals surface area contributed by atoms with Gasteiger partial charge in [0.2, 0.25) is 0 Å². The summed E-state index contributed by atoms with van der Waals surface area (Å²) in [4.78, 5) is 32.5. The third-order valence-corrected chi connectivity index (χ3v) is 6.17. The molecule has 0 amide bonds. The van der Waals surface area contributed by atoms with E-state index in [9.17, 15) is 22.8 Å². The maximum Gasteiger partial charge on any atom is 0.573 e. The molecule has 2 aromatic heterocycles. The molecule has 1 N–H and O–H groups in total. The van der Waals surface area contributed by atoms with Gasteiger partial charge in [-0.05, 0) is 56.6 Å². The van der Waals surface area contributed by atoms with Crippen molar-refractivity contribution in [2.45, 2.75) is 46.0 Å². The molecule has 192 valence electrons. The topological polar surface area (TPSA) is 94.3 Å². The summed E-state index contributed by atoms with van der Waals surface area (Å²) in [6.07, 6.45) is 0.00332. The van der Waals surface area contributed by atoms with E-state index in [0.717, 1.165) is 41.9 Å². The fraction of sp³-hybridized carbons (Fsp3) is 0.417. The van der Waals surface area contributed by atoms with Crippen LogP contribution in [0.1, 0.15) is 31.4 Å². The summed E-state index contributed by atoms with van der Waals surface area (Å²) < 4.78 is 44.0. The number of hydrogen-bond acceptors (Lipinski definition) is 7. The van der Waals surface area contributed by atoms with Crippen LogP contribution in [0.4, 0.5) is 24.7 Å². The number of nitrogens with zero attached hydrogens (tertiary/aromatic N) is 5. The summed E-state index contributed by atoms with van der Waals surface area (Å²) in [7, 11) is 0. The van der Waals surface area contributed by atoms with Crippen LogP contribution in [-0.2, 0) is 19.4 Å². The average molecular weight is 505 g/mol. The normalized spacial score (nSPS) is 13.2. The van der Waals surface area contributed by atoms with E-state index in [2.05, 4.69) is 38.9 Å². The first kappa shape index (κ1) is 25.4. The maximum atomic E-state index is 13.1. The van der Waals surface area contributed by atoms with Crippen molar-refractivity contribution in [1.82, 2.24) is 24.2 Å². The van der Waals surface area contributed by atoms with Gasteiger partial charge in [0.05, 0.1) is 18.2 Å². The average Bonchev–Trinajstić information content (AvgIpc) is 3.34. The molecule has 0 aliphatic heterocycles. The number of ether oxygens (including phenoxy) is 1. The monoisotopic (exact) mass is 504 g/mol. The van der Waals surface area contributed by atoms with Crippen molar-refractivity contribution in [3.63, 3.8) is 0 Å². The van der Waals surface area contributed by atoms with Gasteiger partial charge in [0.1, 0.15) is 11.4 Å². The van der Waals surface area contributed by atoms with Gasteiger partial charge < -0.3 is 15.0 Å². The van der Waals surface area contributed by atoms with Gasteiger partial charge in [0.25, 0.3) is 11.1 Å². The fourth-order valence-corrected chi connectivity index (χ4v) is 4.25. The Balaban J connectivity index is 1.66. The lowest BCUT2D eigenvalue weighted by Crippen LogP contribution is -2.32. The van der Waals surface area contributed by atoms with Gasteiger partial charge in [-0.2, -0.15) is 4.68 Å². The SMILES string of the molecule is CCN(CC)CCn1cncc(Nc2nn(-c3ccc(OC(F)(F)F)cc3)c(=O)c3c2CCC3)c1=O. The summed E-state index contributed by atoms with van der Waals surface area (Å²) in [6, 6.07) is 4.88. The van der Waals surface area contributed by atoms with Crippen LogP contribution in [0.2, 0.25) is 0 Å². The van der Waals surface area contributed by atoms with E-state index in [-0.39, 0.29) is 22.5 Å². The van der Waals surface area contributed by atoms with Gasteiger partial charge >= 0.3 is 6.36 Å². The third kappa shape index (κ3) is 5.59. The lowest BCUT2D eigenvalue weighted by atomic mass is 10.2. The molecule has 12 heteroatoms. The molecule has 1 aliphatic carbocycles. The highest BCUT2D eigenvalue weighted by atomic mass is 19.4. The number of rotatable bonds is 9. The minimum atomic E-state index is -4.82. The van der Waals surface area contributed by atoms with Crippen LogP contribution in [0, 0.1) is 0 Å². The fourth-order valence-electron chi connectivity index (χ4n) is 4.25. The third-order valence-electron chi connectivity index (χ3n) is 6.17. The minimum Gasteiger partial charge on any atom is -0.406 e. The minimum absolute atomic E-state index is 0.220. The lowest BCUT2D eigenvalue weighted by Gasteiger charge is -2.18. The summed E-state index contributed by atoms with van der Waals surface area (Å²) in [5.74, 6) is -0.0578. The van der Waals surface area contributed by atoms with E-state index in [1.165, 1.54) is 29.2 Å². The number of benzene rings is 1. The molecule has 4 rings (SSSR count). The van der Waals surface area contributed by atoms with E-state index < -0.39 is 12.1 Å². The van der Waals surface area contributed by atoms with E-state index in [1.807, 2.05) is 0 Å². The van der Waals surface area contributed by atoms with Gasteiger partial charge in [-0.15, -0.1) is 18.3 Å². The van der Waals surface area contributed by atoms with Crippen LogP contribution in [-0.4, -0.2) is 50.2 Å². The summed E-state index contributed by atoms with van der Waals surface area (Å²) >= 11 is 0. The van der Waals surface area contributed by atoms with Crippen LogP contribution in [0.15, 0.2) is 46.4 Å². The van der Waals surface area contributed by atoms with Gasteiger partial charge in [-0.25, -0.2) is 4.98 Å².